The summed E-state index contributed by atoms with van der Waals surface area (Å²) in [5.41, 5.74) is 3.41. The second-order valence-corrected chi connectivity index (χ2v) is 6.54. The van der Waals surface area contributed by atoms with E-state index >= 15 is 0 Å². The lowest BCUT2D eigenvalue weighted by atomic mass is 10.2. The SMILES string of the molecule is Cc1c(C(=O)NCCCn2cnc3ccccc32)cnn1-c1ccccc1F. The lowest BCUT2D eigenvalue weighted by Gasteiger charge is -2.08. The molecule has 1 amide bonds. The molecule has 0 fully saturated rings. The zero-order valence-corrected chi connectivity index (χ0v) is 15.5. The molecule has 28 heavy (non-hydrogen) atoms. The van der Waals surface area contributed by atoms with Gasteiger partial charge in [-0.05, 0) is 37.6 Å². The average molecular weight is 377 g/mol. The number of aryl methyl sites for hydroxylation is 1. The Kier molecular flexibility index (Phi) is 4.89. The third-order valence-corrected chi connectivity index (χ3v) is 4.72. The molecule has 0 aliphatic rings. The quantitative estimate of drug-likeness (QED) is 0.523. The highest BCUT2D eigenvalue weighted by molar-refractivity contribution is 5.95. The zero-order valence-electron chi connectivity index (χ0n) is 15.5. The van der Waals surface area contributed by atoms with Gasteiger partial charge in [0.05, 0.1) is 34.8 Å². The highest BCUT2D eigenvalue weighted by Crippen LogP contribution is 2.17. The molecule has 0 bridgehead atoms. The number of halogens is 1. The van der Waals surface area contributed by atoms with Crippen LogP contribution in [0.25, 0.3) is 16.7 Å². The lowest BCUT2D eigenvalue weighted by molar-refractivity contribution is 0.0952. The molecule has 1 N–H and O–H groups in total. The van der Waals surface area contributed by atoms with Crippen molar-refractivity contribution in [3.05, 3.63) is 78.1 Å². The summed E-state index contributed by atoms with van der Waals surface area (Å²) in [5.74, 6) is -0.594. The Morgan fingerprint density at radius 2 is 1.93 bits per heavy atom. The van der Waals surface area contributed by atoms with Crippen LogP contribution < -0.4 is 5.32 Å². The molecule has 7 heteroatoms. The van der Waals surface area contributed by atoms with Gasteiger partial charge in [0, 0.05) is 13.1 Å². The molecule has 0 saturated heterocycles. The monoisotopic (exact) mass is 377 g/mol. The van der Waals surface area contributed by atoms with Crippen LogP contribution >= 0.6 is 0 Å². The highest BCUT2D eigenvalue weighted by atomic mass is 19.1. The first-order valence-electron chi connectivity index (χ1n) is 9.13. The van der Waals surface area contributed by atoms with E-state index < -0.39 is 0 Å². The maximum absolute atomic E-state index is 14.0. The van der Waals surface area contributed by atoms with E-state index in [4.69, 9.17) is 0 Å². The fourth-order valence-electron chi connectivity index (χ4n) is 3.23. The molecule has 142 valence electrons. The summed E-state index contributed by atoms with van der Waals surface area (Å²) in [6.45, 7) is 3.04. The van der Waals surface area contributed by atoms with Crippen molar-refractivity contribution in [1.29, 1.82) is 0 Å². The van der Waals surface area contributed by atoms with Crippen molar-refractivity contribution in [2.24, 2.45) is 0 Å². The largest absolute Gasteiger partial charge is 0.352 e. The number of nitrogens with zero attached hydrogens (tertiary/aromatic N) is 4. The predicted molar refractivity (Wildman–Crippen MR) is 105 cm³/mol. The van der Waals surface area contributed by atoms with Gasteiger partial charge in [-0.1, -0.05) is 24.3 Å². The van der Waals surface area contributed by atoms with Crippen LogP contribution in [0, 0.1) is 12.7 Å². The molecule has 0 unspecified atom stereocenters. The minimum absolute atomic E-state index is 0.212. The van der Waals surface area contributed by atoms with E-state index in [9.17, 15) is 9.18 Å². The van der Waals surface area contributed by atoms with Crippen molar-refractivity contribution < 1.29 is 9.18 Å². The fraction of sp³-hybridized carbons (Fsp3) is 0.190. The zero-order chi connectivity index (χ0) is 19.5. The van der Waals surface area contributed by atoms with Crippen LogP contribution in [-0.2, 0) is 6.54 Å². The number of para-hydroxylation sites is 3. The van der Waals surface area contributed by atoms with Crippen LogP contribution in [0.5, 0.6) is 0 Å². The summed E-state index contributed by atoms with van der Waals surface area (Å²) in [4.78, 5) is 16.9. The smallest absolute Gasteiger partial charge is 0.254 e. The van der Waals surface area contributed by atoms with Gasteiger partial charge in [-0.2, -0.15) is 5.10 Å². The van der Waals surface area contributed by atoms with E-state index in [1.54, 1.807) is 25.1 Å². The third-order valence-electron chi connectivity index (χ3n) is 4.72. The van der Waals surface area contributed by atoms with E-state index in [-0.39, 0.29) is 11.7 Å². The lowest BCUT2D eigenvalue weighted by Crippen LogP contribution is -2.25. The highest BCUT2D eigenvalue weighted by Gasteiger charge is 2.16. The number of hydrogen-bond donors (Lipinski definition) is 1. The molecule has 6 nitrogen and oxygen atoms in total. The molecule has 0 saturated carbocycles. The fourth-order valence-corrected chi connectivity index (χ4v) is 3.23. The third kappa shape index (κ3) is 3.38. The van der Waals surface area contributed by atoms with Crippen molar-refractivity contribution in [1.82, 2.24) is 24.6 Å². The molecule has 2 aromatic heterocycles. The summed E-state index contributed by atoms with van der Waals surface area (Å²) >= 11 is 0. The first kappa shape index (κ1) is 17.9. The second-order valence-electron chi connectivity index (χ2n) is 6.54. The summed E-state index contributed by atoms with van der Waals surface area (Å²) in [5, 5.41) is 7.08. The van der Waals surface area contributed by atoms with Crippen molar-refractivity contribution in [3.63, 3.8) is 0 Å². The number of benzene rings is 2. The molecule has 4 aromatic rings. The van der Waals surface area contributed by atoms with Gasteiger partial charge in [-0.15, -0.1) is 0 Å². The number of aromatic nitrogens is 4. The maximum atomic E-state index is 14.0. The second kappa shape index (κ2) is 7.64. The van der Waals surface area contributed by atoms with Gasteiger partial charge >= 0.3 is 0 Å². The first-order chi connectivity index (χ1) is 13.6. The van der Waals surface area contributed by atoms with Crippen LogP contribution in [0.1, 0.15) is 22.5 Å². The van der Waals surface area contributed by atoms with Crippen molar-refractivity contribution >= 4 is 16.9 Å². The Labute approximate surface area is 161 Å². The summed E-state index contributed by atoms with van der Waals surface area (Å²) in [6, 6.07) is 14.3. The van der Waals surface area contributed by atoms with Crippen LogP contribution in [0.4, 0.5) is 4.39 Å². The van der Waals surface area contributed by atoms with E-state index in [0.717, 1.165) is 24.0 Å². The number of carbonyl (C=O) groups excluding carboxylic acids is 1. The summed E-state index contributed by atoms with van der Waals surface area (Å²) in [6.07, 6.45) is 4.06. The average Bonchev–Trinajstić information content (AvgIpc) is 3.29. The first-order valence-corrected chi connectivity index (χ1v) is 9.13. The van der Waals surface area contributed by atoms with Crippen LogP contribution in [-0.4, -0.2) is 31.8 Å². The Morgan fingerprint density at radius 3 is 2.79 bits per heavy atom. The molecular weight excluding hydrogens is 357 g/mol. The van der Waals surface area contributed by atoms with Crippen LogP contribution in [0.2, 0.25) is 0 Å². The van der Waals surface area contributed by atoms with Gasteiger partial charge in [0.1, 0.15) is 11.5 Å². The Morgan fingerprint density at radius 1 is 1.14 bits per heavy atom. The molecular formula is C21H20FN5O. The van der Waals surface area contributed by atoms with E-state index in [1.807, 2.05) is 30.6 Å². The number of carbonyl (C=O) groups is 1. The number of hydrogen-bond acceptors (Lipinski definition) is 3. The van der Waals surface area contributed by atoms with Crippen LogP contribution in [0.15, 0.2) is 61.1 Å². The van der Waals surface area contributed by atoms with Crippen LogP contribution in [0.3, 0.4) is 0 Å². The summed E-state index contributed by atoms with van der Waals surface area (Å²) in [7, 11) is 0. The van der Waals surface area contributed by atoms with Crippen molar-refractivity contribution in [2.45, 2.75) is 19.9 Å². The minimum Gasteiger partial charge on any atom is -0.352 e. The van der Waals surface area contributed by atoms with Gasteiger partial charge in [0.25, 0.3) is 5.91 Å². The molecule has 0 aliphatic heterocycles. The van der Waals surface area contributed by atoms with E-state index in [2.05, 4.69) is 20.0 Å². The number of amides is 1. The number of nitrogens with one attached hydrogen (secondary N) is 1. The number of rotatable bonds is 6. The van der Waals surface area contributed by atoms with Gasteiger partial charge in [-0.25, -0.2) is 14.1 Å². The van der Waals surface area contributed by atoms with E-state index in [0.29, 0.717) is 23.5 Å². The maximum Gasteiger partial charge on any atom is 0.254 e. The Bertz CT molecular complexity index is 1130. The Hall–Kier alpha value is -3.48. The topological polar surface area (TPSA) is 64.7 Å². The molecule has 4 rings (SSSR count). The minimum atomic E-state index is -0.381. The molecule has 2 aromatic carbocycles. The molecule has 0 spiro atoms. The van der Waals surface area contributed by atoms with Crippen molar-refractivity contribution in [2.75, 3.05) is 6.54 Å². The van der Waals surface area contributed by atoms with Crippen molar-refractivity contribution in [3.8, 4) is 5.69 Å². The van der Waals surface area contributed by atoms with Gasteiger partial charge in [0.2, 0.25) is 0 Å². The number of fused-ring (bicyclic) bond motifs is 1. The molecule has 0 radical (unpaired) electrons. The predicted octanol–water partition coefficient (Wildman–Crippen LogP) is 3.49. The molecule has 0 atom stereocenters. The molecule has 2 heterocycles. The molecule has 0 aliphatic carbocycles. The number of imidazole rings is 1. The standard InChI is InChI=1S/C21H20FN5O/c1-15-16(13-25-27(15)19-9-4-2-7-17(19)22)21(28)23-11-6-12-26-14-24-18-8-3-5-10-20(18)26/h2-5,7-10,13-14H,6,11-12H2,1H3,(H,23,28). The van der Waals surface area contributed by atoms with Gasteiger partial charge in [0.15, 0.2) is 0 Å². The van der Waals surface area contributed by atoms with E-state index in [1.165, 1.54) is 16.9 Å². The normalized spacial score (nSPS) is 11.1. The van der Waals surface area contributed by atoms with Gasteiger partial charge in [-0.3, -0.25) is 4.79 Å². The summed E-state index contributed by atoms with van der Waals surface area (Å²) < 4.78 is 17.5. The Balaban J connectivity index is 1.37. The van der Waals surface area contributed by atoms with Gasteiger partial charge < -0.3 is 9.88 Å².